The van der Waals surface area contributed by atoms with Crippen LogP contribution in [0.2, 0.25) is 0 Å². The van der Waals surface area contributed by atoms with Gasteiger partial charge in [0, 0.05) is 19.1 Å². The highest BCUT2D eigenvalue weighted by molar-refractivity contribution is 5.08. The van der Waals surface area contributed by atoms with Gasteiger partial charge in [-0.1, -0.05) is 0 Å². The lowest BCUT2D eigenvalue weighted by Crippen LogP contribution is -2.51. The third kappa shape index (κ3) is 6.02. The summed E-state index contributed by atoms with van der Waals surface area (Å²) in [6, 6.07) is 2.94. The molecule has 0 aliphatic heterocycles. The first kappa shape index (κ1) is 14.4. The summed E-state index contributed by atoms with van der Waals surface area (Å²) < 4.78 is 5.51. The van der Waals surface area contributed by atoms with E-state index >= 15 is 0 Å². The van der Waals surface area contributed by atoms with Crippen molar-refractivity contribution in [1.82, 2.24) is 10.2 Å². The highest BCUT2D eigenvalue weighted by Crippen LogP contribution is 2.22. The molecular formula is C13H25N3O. The zero-order chi connectivity index (χ0) is 12.9. The number of nitrogens with zero attached hydrogens (tertiary/aromatic N) is 2. The van der Waals surface area contributed by atoms with Crippen LogP contribution in [0.3, 0.4) is 0 Å². The molecule has 1 unspecified atom stereocenters. The third-order valence-electron chi connectivity index (χ3n) is 2.86. The van der Waals surface area contributed by atoms with Gasteiger partial charge in [-0.3, -0.25) is 5.32 Å². The molecule has 1 aliphatic rings. The standard InChI is InChI=1S/C13H25N3O/c1-11(2)17-8-7-16(4)10-13(3,9-14)15-12-5-6-12/h11-12,15H,5-8,10H2,1-4H3. The first-order chi connectivity index (χ1) is 7.95. The molecule has 98 valence electrons. The summed E-state index contributed by atoms with van der Waals surface area (Å²) in [5, 5.41) is 12.7. The summed E-state index contributed by atoms with van der Waals surface area (Å²) >= 11 is 0. The Morgan fingerprint density at radius 1 is 1.53 bits per heavy atom. The number of hydrogen-bond acceptors (Lipinski definition) is 4. The van der Waals surface area contributed by atoms with Crippen molar-refractivity contribution in [3.05, 3.63) is 0 Å². The van der Waals surface area contributed by atoms with E-state index in [-0.39, 0.29) is 6.10 Å². The number of ether oxygens (including phenoxy) is 1. The molecule has 0 spiro atoms. The lowest BCUT2D eigenvalue weighted by atomic mass is 10.0. The maximum absolute atomic E-state index is 9.25. The Kier molecular flexibility index (Phi) is 5.38. The molecule has 1 atom stereocenters. The quantitative estimate of drug-likeness (QED) is 0.695. The maximum Gasteiger partial charge on any atom is 0.116 e. The summed E-state index contributed by atoms with van der Waals surface area (Å²) in [6.07, 6.45) is 2.69. The molecule has 0 aromatic rings. The second-order valence-corrected chi connectivity index (χ2v) is 5.52. The van der Waals surface area contributed by atoms with Gasteiger partial charge < -0.3 is 9.64 Å². The largest absolute Gasteiger partial charge is 0.377 e. The topological polar surface area (TPSA) is 48.3 Å². The van der Waals surface area contributed by atoms with Gasteiger partial charge in [-0.25, -0.2) is 0 Å². The van der Waals surface area contributed by atoms with E-state index < -0.39 is 5.54 Å². The van der Waals surface area contributed by atoms with Crippen LogP contribution in [0.4, 0.5) is 0 Å². The molecular weight excluding hydrogens is 214 g/mol. The van der Waals surface area contributed by atoms with Gasteiger partial charge in [-0.05, 0) is 40.7 Å². The fraction of sp³-hybridized carbons (Fsp3) is 0.923. The van der Waals surface area contributed by atoms with E-state index in [1.165, 1.54) is 12.8 Å². The molecule has 0 bridgehead atoms. The Bertz CT molecular complexity index is 270. The van der Waals surface area contributed by atoms with E-state index in [9.17, 15) is 5.26 Å². The highest BCUT2D eigenvalue weighted by atomic mass is 16.5. The third-order valence-corrected chi connectivity index (χ3v) is 2.86. The van der Waals surface area contributed by atoms with Gasteiger partial charge in [0.25, 0.3) is 0 Å². The van der Waals surface area contributed by atoms with E-state index in [2.05, 4.69) is 16.3 Å². The second-order valence-electron chi connectivity index (χ2n) is 5.52. The lowest BCUT2D eigenvalue weighted by Gasteiger charge is -2.29. The minimum atomic E-state index is -0.437. The second kappa shape index (κ2) is 6.34. The SMILES string of the molecule is CC(C)OCCN(C)CC(C)(C#N)NC1CC1. The summed E-state index contributed by atoms with van der Waals surface area (Å²) in [5.41, 5.74) is -0.437. The predicted molar refractivity (Wildman–Crippen MR) is 68.8 cm³/mol. The minimum Gasteiger partial charge on any atom is -0.377 e. The van der Waals surface area contributed by atoms with E-state index in [4.69, 9.17) is 4.74 Å². The zero-order valence-electron chi connectivity index (χ0n) is 11.5. The van der Waals surface area contributed by atoms with Crippen LogP contribution >= 0.6 is 0 Å². The monoisotopic (exact) mass is 239 g/mol. The van der Waals surface area contributed by atoms with Crippen LogP contribution in [-0.4, -0.2) is 49.3 Å². The molecule has 0 aromatic heterocycles. The lowest BCUT2D eigenvalue weighted by molar-refractivity contribution is 0.0609. The normalized spacial score (nSPS) is 19.4. The van der Waals surface area contributed by atoms with Gasteiger partial charge in [0.05, 0.1) is 18.8 Å². The number of likely N-dealkylation sites (N-methyl/N-ethyl adjacent to an activating group) is 1. The van der Waals surface area contributed by atoms with Gasteiger partial charge in [0.1, 0.15) is 5.54 Å². The van der Waals surface area contributed by atoms with Crippen molar-refractivity contribution in [2.45, 2.75) is 51.3 Å². The van der Waals surface area contributed by atoms with E-state index in [1.54, 1.807) is 0 Å². The summed E-state index contributed by atoms with van der Waals surface area (Å²) in [7, 11) is 2.04. The van der Waals surface area contributed by atoms with Gasteiger partial charge in [0.15, 0.2) is 0 Å². The summed E-state index contributed by atoms with van der Waals surface area (Å²) in [6.45, 7) is 8.37. The average Bonchev–Trinajstić information content (AvgIpc) is 3.00. The fourth-order valence-electron chi connectivity index (χ4n) is 1.85. The van der Waals surface area contributed by atoms with Crippen molar-refractivity contribution in [3.8, 4) is 6.07 Å². The molecule has 0 radical (unpaired) electrons. The predicted octanol–water partition coefficient (Wildman–Crippen LogP) is 1.38. The van der Waals surface area contributed by atoms with Gasteiger partial charge in [-0.2, -0.15) is 5.26 Å². The maximum atomic E-state index is 9.25. The summed E-state index contributed by atoms with van der Waals surface area (Å²) in [4.78, 5) is 2.15. The number of nitriles is 1. The Morgan fingerprint density at radius 2 is 2.18 bits per heavy atom. The van der Waals surface area contributed by atoms with Crippen molar-refractivity contribution < 1.29 is 4.74 Å². The van der Waals surface area contributed by atoms with Gasteiger partial charge in [-0.15, -0.1) is 0 Å². The van der Waals surface area contributed by atoms with E-state index in [1.807, 2.05) is 27.8 Å². The van der Waals surface area contributed by atoms with E-state index in [0.29, 0.717) is 6.04 Å². The molecule has 4 nitrogen and oxygen atoms in total. The molecule has 0 amide bonds. The molecule has 0 aromatic carbocycles. The molecule has 1 saturated carbocycles. The van der Waals surface area contributed by atoms with Crippen molar-refractivity contribution in [2.75, 3.05) is 26.7 Å². The van der Waals surface area contributed by atoms with Gasteiger partial charge in [0.2, 0.25) is 0 Å². The fourth-order valence-corrected chi connectivity index (χ4v) is 1.85. The van der Waals surface area contributed by atoms with Gasteiger partial charge >= 0.3 is 0 Å². The molecule has 1 N–H and O–H groups in total. The van der Waals surface area contributed by atoms with Crippen molar-refractivity contribution in [3.63, 3.8) is 0 Å². The molecule has 1 fully saturated rings. The molecule has 0 heterocycles. The first-order valence-corrected chi connectivity index (χ1v) is 6.44. The van der Waals surface area contributed by atoms with Crippen LogP contribution in [0, 0.1) is 11.3 Å². The zero-order valence-corrected chi connectivity index (χ0v) is 11.5. The highest BCUT2D eigenvalue weighted by Gasteiger charge is 2.33. The molecule has 4 heteroatoms. The Balaban J connectivity index is 2.26. The van der Waals surface area contributed by atoms with Crippen molar-refractivity contribution in [2.24, 2.45) is 0 Å². The van der Waals surface area contributed by atoms with Crippen molar-refractivity contribution >= 4 is 0 Å². The molecule has 17 heavy (non-hydrogen) atoms. The number of nitrogens with one attached hydrogen (secondary N) is 1. The Labute approximate surface area is 105 Å². The minimum absolute atomic E-state index is 0.273. The first-order valence-electron chi connectivity index (χ1n) is 6.44. The number of hydrogen-bond donors (Lipinski definition) is 1. The molecule has 0 saturated heterocycles. The smallest absolute Gasteiger partial charge is 0.116 e. The van der Waals surface area contributed by atoms with Crippen LogP contribution in [-0.2, 0) is 4.74 Å². The van der Waals surface area contributed by atoms with Crippen LogP contribution in [0.15, 0.2) is 0 Å². The Hall–Kier alpha value is -0.630. The van der Waals surface area contributed by atoms with Crippen LogP contribution in [0.25, 0.3) is 0 Å². The Morgan fingerprint density at radius 3 is 2.65 bits per heavy atom. The average molecular weight is 239 g/mol. The summed E-state index contributed by atoms with van der Waals surface area (Å²) in [5.74, 6) is 0. The van der Waals surface area contributed by atoms with E-state index in [0.717, 1.165) is 19.7 Å². The van der Waals surface area contributed by atoms with Crippen LogP contribution < -0.4 is 5.32 Å². The number of rotatable bonds is 8. The molecule has 1 rings (SSSR count). The molecule has 1 aliphatic carbocycles. The van der Waals surface area contributed by atoms with Crippen LogP contribution in [0.1, 0.15) is 33.6 Å². The van der Waals surface area contributed by atoms with Crippen LogP contribution in [0.5, 0.6) is 0 Å². The van der Waals surface area contributed by atoms with Crippen molar-refractivity contribution in [1.29, 1.82) is 5.26 Å².